The van der Waals surface area contributed by atoms with Gasteiger partial charge in [-0.25, -0.2) is 0 Å². The fourth-order valence-corrected chi connectivity index (χ4v) is 1.43. The molecular formula is C11H15N. The molecule has 1 heteroatoms. The molecule has 0 saturated carbocycles. The van der Waals surface area contributed by atoms with E-state index in [1.54, 1.807) is 0 Å². The van der Waals surface area contributed by atoms with Crippen LogP contribution in [-0.2, 0) is 0 Å². The van der Waals surface area contributed by atoms with Gasteiger partial charge in [-0.15, -0.1) is 0 Å². The summed E-state index contributed by atoms with van der Waals surface area (Å²) in [4.78, 5) is 1.87. The van der Waals surface area contributed by atoms with Crippen molar-refractivity contribution in [3.8, 4) is 0 Å². The predicted octanol–water partition coefficient (Wildman–Crippen LogP) is 2.60. The van der Waals surface area contributed by atoms with Crippen molar-refractivity contribution in [2.24, 2.45) is 0 Å². The maximum atomic E-state index is 7.82. The van der Waals surface area contributed by atoms with Crippen molar-refractivity contribution < 1.29 is 2.74 Å². The minimum Gasteiger partial charge on any atom is -0.372 e. The van der Waals surface area contributed by atoms with Crippen LogP contribution in [0.5, 0.6) is 0 Å². The molecule has 0 bridgehead atoms. The molecule has 64 valence electrons. The molecule has 0 aromatic heterocycles. The SMILES string of the molecule is [2H]C1CCC([2H])N1c1ccc(C)cc1. The van der Waals surface area contributed by atoms with Crippen molar-refractivity contribution in [1.29, 1.82) is 0 Å². The first-order valence-corrected chi connectivity index (χ1v) is 4.38. The van der Waals surface area contributed by atoms with Gasteiger partial charge in [-0.05, 0) is 31.9 Å². The first kappa shape index (κ1) is 5.63. The number of hydrogen-bond donors (Lipinski definition) is 0. The molecule has 1 fully saturated rings. The summed E-state index contributed by atoms with van der Waals surface area (Å²) in [5.41, 5.74) is 2.23. The summed E-state index contributed by atoms with van der Waals surface area (Å²) in [6.45, 7) is 1.57. The van der Waals surface area contributed by atoms with Gasteiger partial charge in [0.05, 0.1) is 0 Å². The lowest BCUT2D eigenvalue weighted by Gasteiger charge is -2.17. The Balaban J connectivity index is 2.25. The molecule has 1 heterocycles. The zero-order chi connectivity index (χ0) is 10.1. The van der Waals surface area contributed by atoms with Crippen LogP contribution in [-0.4, -0.2) is 13.0 Å². The summed E-state index contributed by atoms with van der Waals surface area (Å²) in [6, 6.07) is 8.08. The molecule has 0 aliphatic carbocycles. The van der Waals surface area contributed by atoms with Gasteiger partial charge in [0.2, 0.25) is 0 Å². The Bertz CT molecular complexity index is 300. The van der Waals surface area contributed by atoms with E-state index in [9.17, 15) is 0 Å². The summed E-state index contributed by atoms with van der Waals surface area (Å²) in [5, 5.41) is 0. The van der Waals surface area contributed by atoms with E-state index in [1.807, 2.05) is 36.1 Å². The number of aryl methyl sites for hydroxylation is 1. The lowest BCUT2D eigenvalue weighted by atomic mass is 10.2. The Kier molecular flexibility index (Phi) is 1.49. The zero-order valence-electron chi connectivity index (χ0n) is 9.33. The smallest absolute Gasteiger partial charge is 0.0493 e. The molecule has 12 heavy (non-hydrogen) atoms. The molecule has 0 amide bonds. The monoisotopic (exact) mass is 163 g/mol. The van der Waals surface area contributed by atoms with Crippen LogP contribution in [0.2, 0.25) is 0 Å². The summed E-state index contributed by atoms with van der Waals surface area (Å²) in [5.74, 6) is 0. The van der Waals surface area contributed by atoms with E-state index in [2.05, 4.69) is 0 Å². The second kappa shape index (κ2) is 3.18. The van der Waals surface area contributed by atoms with Crippen molar-refractivity contribution in [2.45, 2.75) is 19.8 Å². The van der Waals surface area contributed by atoms with Gasteiger partial charge in [-0.1, -0.05) is 17.7 Å². The van der Waals surface area contributed by atoms with Gasteiger partial charge in [0.15, 0.2) is 0 Å². The Morgan fingerprint density at radius 1 is 1.17 bits per heavy atom. The van der Waals surface area contributed by atoms with Gasteiger partial charge >= 0.3 is 0 Å². The first-order valence-electron chi connectivity index (χ1n) is 5.53. The maximum absolute atomic E-state index is 7.82. The van der Waals surface area contributed by atoms with Gasteiger partial charge in [0, 0.05) is 21.5 Å². The van der Waals surface area contributed by atoms with Crippen LogP contribution < -0.4 is 4.90 Å². The predicted molar refractivity (Wildman–Crippen MR) is 52.6 cm³/mol. The van der Waals surface area contributed by atoms with Gasteiger partial charge in [0.1, 0.15) is 0 Å². The van der Waals surface area contributed by atoms with Gasteiger partial charge < -0.3 is 4.90 Å². The molecule has 2 rings (SSSR count). The summed E-state index contributed by atoms with van der Waals surface area (Å²) in [6.07, 6.45) is 1.62. The molecule has 0 spiro atoms. The highest BCUT2D eigenvalue weighted by molar-refractivity contribution is 5.47. The average molecular weight is 163 g/mol. The average Bonchev–Trinajstić information content (AvgIpc) is 2.49. The second-order valence-electron chi connectivity index (χ2n) is 3.19. The molecular weight excluding hydrogens is 146 g/mol. The largest absolute Gasteiger partial charge is 0.372 e. The Hall–Kier alpha value is -0.980. The Labute approximate surface area is 76.8 Å². The zero-order valence-corrected chi connectivity index (χ0v) is 7.33. The van der Waals surface area contributed by atoms with Gasteiger partial charge in [-0.2, -0.15) is 0 Å². The molecule has 2 atom stereocenters. The molecule has 1 aliphatic rings. The standard InChI is InChI=1S/C11H15N/c1-10-4-6-11(7-5-10)12-8-2-3-9-12/h4-7H,2-3,8-9H2,1H3/i8D,9D. The van der Waals surface area contributed by atoms with E-state index >= 15 is 0 Å². The molecule has 0 radical (unpaired) electrons. The molecule has 1 aliphatic heterocycles. The molecule has 1 saturated heterocycles. The van der Waals surface area contributed by atoms with E-state index < -0.39 is 0 Å². The van der Waals surface area contributed by atoms with Crippen molar-refractivity contribution in [2.75, 3.05) is 17.9 Å². The highest BCUT2D eigenvalue weighted by Gasteiger charge is 2.10. The number of rotatable bonds is 1. The summed E-state index contributed by atoms with van der Waals surface area (Å²) in [7, 11) is 0. The number of benzene rings is 1. The van der Waals surface area contributed by atoms with E-state index in [4.69, 9.17) is 2.74 Å². The molecule has 1 nitrogen and oxygen atoms in total. The van der Waals surface area contributed by atoms with Crippen LogP contribution in [0, 0.1) is 6.92 Å². The number of nitrogens with zero attached hydrogens (tertiary/aromatic N) is 1. The molecule has 0 N–H and O–H groups in total. The number of hydrogen-bond acceptors (Lipinski definition) is 1. The van der Waals surface area contributed by atoms with Crippen molar-refractivity contribution >= 4 is 5.69 Å². The van der Waals surface area contributed by atoms with E-state index in [-0.39, 0.29) is 13.0 Å². The van der Waals surface area contributed by atoms with E-state index in [0.717, 1.165) is 18.5 Å². The molecule has 1 aromatic rings. The van der Waals surface area contributed by atoms with E-state index in [0.29, 0.717) is 0 Å². The van der Waals surface area contributed by atoms with Crippen LogP contribution in [0.25, 0.3) is 0 Å². The third kappa shape index (κ3) is 1.45. The second-order valence-corrected chi connectivity index (χ2v) is 3.19. The van der Waals surface area contributed by atoms with Crippen LogP contribution in [0.3, 0.4) is 0 Å². The molecule has 1 aromatic carbocycles. The highest BCUT2D eigenvalue weighted by atomic mass is 15.1. The van der Waals surface area contributed by atoms with Crippen LogP contribution in [0.15, 0.2) is 24.3 Å². The fraction of sp³-hybridized carbons (Fsp3) is 0.455. The van der Waals surface area contributed by atoms with Crippen LogP contribution in [0.4, 0.5) is 5.69 Å². The Morgan fingerprint density at radius 3 is 2.33 bits per heavy atom. The minimum absolute atomic E-state index is 0.236. The maximum Gasteiger partial charge on any atom is 0.0493 e. The van der Waals surface area contributed by atoms with Crippen LogP contribution in [0.1, 0.15) is 21.1 Å². The molecule has 2 unspecified atom stereocenters. The third-order valence-corrected chi connectivity index (χ3v) is 2.15. The highest BCUT2D eigenvalue weighted by Crippen LogP contribution is 2.19. The van der Waals surface area contributed by atoms with E-state index in [1.165, 1.54) is 5.56 Å². The fourth-order valence-electron chi connectivity index (χ4n) is 1.43. The minimum atomic E-state index is -0.236. The van der Waals surface area contributed by atoms with Gasteiger partial charge in [-0.3, -0.25) is 0 Å². The van der Waals surface area contributed by atoms with Gasteiger partial charge in [0.25, 0.3) is 0 Å². The summed E-state index contributed by atoms with van der Waals surface area (Å²) < 4.78 is 15.6. The van der Waals surface area contributed by atoms with Crippen molar-refractivity contribution in [3.63, 3.8) is 0 Å². The Morgan fingerprint density at radius 2 is 1.75 bits per heavy atom. The first-order chi connectivity index (χ1) is 6.68. The quantitative estimate of drug-likeness (QED) is 0.615. The lowest BCUT2D eigenvalue weighted by Crippen LogP contribution is -2.17. The summed E-state index contributed by atoms with van der Waals surface area (Å²) >= 11 is 0. The van der Waals surface area contributed by atoms with Crippen LogP contribution >= 0.6 is 0 Å². The normalized spacial score (nSPS) is 31.6. The van der Waals surface area contributed by atoms with Crippen molar-refractivity contribution in [1.82, 2.24) is 0 Å². The lowest BCUT2D eigenvalue weighted by molar-refractivity contribution is 0.949. The van der Waals surface area contributed by atoms with Crippen molar-refractivity contribution in [3.05, 3.63) is 29.8 Å². The number of anilines is 1. The third-order valence-electron chi connectivity index (χ3n) is 2.15. The topological polar surface area (TPSA) is 3.24 Å².